The lowest BCUT2D eigenvalue weighted by Gasteiger charge is -2.26. The van der Waals surface area contributed by atoms with Crippen LogP contribution in [0, 0.1) is 12.3 Å². The summed E-state index contributed by atoms with van der Waals surface area (Å²) in [6.07, 6.45) is 4.09. The Morgan fingerprint density at radius 3 is 2.42 bits per heavy atom. The molecule has 1 amide bonds. The summed E-state index contributed by atoms with van der Waals surface area (Å²) < 4.78 is 0. The van der Waals surface area contributed by atoms with Gasteiger partial charge in [-0.25, -0.2) is 0 Å². The molecule has 0 fully saturated rings. The minimum absolute atomic E-state index is 0.127. The fourth-order valence-corrected chi connectivity index (χ4v) is 1.91. The lowest BCUT2D eigenvalue weighted by molar-refractivity contribution is -0.149. The standard InChI is InChI=1S/C14H20N2O3/c1-4-14(5-2,13(18)19)9-16-12(17)11-6-10(3)7-15-8-11/h6-8H,4-5,9H2,1-3H3,(H,16,17)(H,18,19). The minimum atomic E-state index is -0.896. The summed E-state index contributed by atoms with van der Waals surface area (Å²) >= 11 is 0. The minimum Gasteiger partial charge on any atom is -0.481 e. The predicted molar refractivity (Wildman–Crippen MR) is 72.0 cm³/mol. The van der Waals surface area contributed by atoms with E-state index in [4.69, 9.17) is 0 Å². The van der Waals surface area contributed by atoms with Gasteiger partial charge in [0.1, 0.15) is 0 Å². The molecule has 1 aromatic rings. The predicted octanol–water partition coefficient (Wildman–Crippen LogP) is 2.01. The molecular formula is C14H20N2O3. The summed E-state index contributed by atoms with van der Waals surface area (Å²) in [5.41, 5.74) is 0.446. The van der Waals surface area contributed by atoms with Gasteiger partial charge in [-0.15, -0.1) is 0 Å². The van der Waals surface area contributed by atoms with Crippen molar-refractivity contribution in [3.05, 3.63) is 29.6 Å². The Kier molecular flexibility index (Phi) is 5.03. The van der Waals surface area contributed by atoms with Crippen molar-refractivity contribution in [3.63, 3.8) is 0 Å². The van der Waals surface area contributed by atoms with Crippen LogP contribution in [0.25, 0.3) is 0 Å². The zero-order valence-corrected chi connectivity index (χ0v) is 11.6. The number of nitrogens with one attached hydrogen (secondary N) is 1. The van der Waals surface area contributed by atoms with E-state index < -0.39 is 11.4 Å². The molecule has 0 aliphatic heterocycles. The number of aryl methyl sites for hydroxylation is 1. The van der Waals surface area contributed by atoms with Crippen molar-refractivity contribution in [2.45, 2.75) is 33.6 Å². The van der Waals surface area contributed by atoms with E-state index >= 15 is 0 Å². The van der Waals surface area contributed by atoms with Crippen LogP contribution in [0.2, 0.25) is 0 Å². The van der Waals surface area contributed by atoms with E-state index in [-0.39, 0.29) is 12.5 Å². The van der Waals surface area contributed by atoms with Gasteiger partial charge in [0.05, 0.1) is 11.0 Å². The number of pyridine rings is 1. The highest BCUT2D eigenvalue weighted by Crippen LogP contribution is 2.25. The number of carbonyl (C=O) groups is 2. The second-order valence-corrected chi connectivity index (χ2v) is 4.73. The van der Waals surface area contributed by atoms with E-state index in [1.165, 1.54) is 6.20 Å². The van der Waals surface area contributed by atoms with Gasteiger partial charge in [-0.3, -0.25) is 14.6 Å². The molecule has 0 saturated carbocycles. The summed E-state index contributed by atoms with van der Waals surface area (Å²) in [4.78, 5) is 27.2. The highest BCUT2D eigenvalue weighted by molar-refractivity contribution is 5.94. The average Bonchev–Trinajstić information content (AvgIpc) is 2.40. The Morgan fingerprint density at radius 1 is 1.32 bits per heavy atom. The van der Waals surface area contributed by atoms with Crippen molar-refractivity contribution in [1.82, 2.24) is 10.3 Å². The summed E-state index contributed by atoms with van der Waals surface area (Å²) in [5.74, 6) is -1.16. The summed E-state index contributed by atoms with van der Waals surface area (Å²) in [6, 6.07) is 1.72. The van der Waals surface area contributed by atoms with Crippen LogP contribution in [0.5, 0.6) is 0 Å². The zero-order chi connectivity index (χ0) is 14.5. The van der Waals surface area contributed by atoms with Crippen LogP contribution in [0.1, 0.15) is 42.6 Å². The molecule has 1 aromatic heterocycles. The van der Waals surface area contributed by atoms with Crippen molar-refractivity contribution in [3.8, 4) is 0 Å². The largest absolute Gasteiger partial charge is 0.481 e. The quantitative estimate of drug-likeness (QED) is 0.823. The Labute approximate surface area is 113 Å². The van der Waals surface area contributed by atoms with Crippen LogP contribution in [0.4, 0.5) is 0 Å². The van der Waals surface area contributed by atoms with E-state index in [0.717, 1.165) is 5.56 Å². The van der Waals surface area contributed by atoms with Gasteiger partial charge in [0, 0.05) is 18.9 Å². The van der Waals surface area contributed by atoms with Crippen molar-refractivity contribution < 1.29 is 14.7 Å². The lowest BCUT2D eigenvalue weighted by atomic mass is 9.82. The first-order valence-corrected chi connectivity index (χ1v) is 6.38. The van der Waals surface area contributed by atoms with Crippen LogP contribution in [0.3, 0.4) is 0 Å². The van der Waals surface area contributed by atoms with Gasteiger partial charge in [0.25, 0.3) is 5.91 Å². The van der Waals surface area contributed by atoms with Gasteiger partial charge in [0.2, 0.25) is 0 Å². The van der Waals surface area contributed by atoms with Crippen molar-refractivity contribution in [2.24, 2.45) is 5.41 Å². The number of aliphatic carboxylic acids is 1. The maximum absolute atomic E-state index is 12.0. The third-order valence-electron chi connectivity index (χ3n) is 3.53. The lowest BCUT2D eigenvalue weighted by Crippen LogP contribution is -2.42. The molecule has 0 saturated heterocycles. The molecule has 0 radical (unpaired) electrons. The van der Waals surface area contributed by atoms with E-state index in [2.05, 4.69) is 10.3 Å². The monoisotopic (exact) mass is 264 g/mol. The van der Waals surface area contributed by atoms with Crippen molar-refractivity contribution in [2.75, 3.05) is 6.54 Å². The number of rotatable bonds is 6. The first kappa shape index (κ1) is 15.1. The number of aromatic nitrogens is 1. The molecular weight excluding hydrogens is 244 g/mol. The van der Waals surface area contributed by atoms with E-state index in [9.17, 15) is 14.7 Å². The molecule has 104 valence electrons. The highest BCUT2D eigenvalue weighted by atomic mass is 16.4. The summed E-state index contributed by atoms with van der Waals surface area (Å²) in [6.45, 7) is 5.61. The molecule has 0 aromatic carbocycles. The molecule has 5 heteroatoms. The van der Waals surface area contributed by atoms with E-state index in [1.807, 2.05) is 20.8 Å². The first-order valence-electron chi connectivity index (χ1n) is 6.38. The van der Waals surface area contributed by atoms with Gasteiger partial charge < -0.3 is 10.4 Å². The van der Waals surface area contributed by atoms with E-state index in [0.29, 0.717) is 18.4 Å². The maximum Gasteiger partial charge on any atom is 0.311 e. The molecule has 0 aliphatic carbocycles. The molecule has 0 aliphatic rings. The number of hydrogen-bond acceptors (Lipinski definition) is 3. The van der Waals surface area contributed by atoms with Crippen LogP contribution < -0.4 is 5.32 Å². The number of nitrogens with zero attached hydrogens (tertiary/aromatic N) is 1. The molecule has 1 heterocycles. The average molecular weight is 264 g/mol. The van der Waals surface area contributed by atoms with Gasteiger partial charge >= 0.3 is 5.97 Å². The second-order valence-electron chi connectivity index (χ2n) is 4.73. The molecule has 0 bridgehead atoms. The Hall–Kier alpha value is -1.91. The van der Waals surface area contributed by atoms with Crippen LogP contribution >= 0.6 is 0 Å². The number of hydrogen-bond donors (Lipinski definition) is 2. The third kappa shape index (κ3) is 3.53. The zero-order valence-electron chi connectivity index (χ0n) is 11.6. The van der Waals surface area contributed by atoms with Gasteiger partial charge in [-0.1, -0.05) is 13.8 Å². The molecule has 0 atom stereocenters. The molecule has 5 nitrogen and oxygen atoms in total. The normalized spacial score (nSPS) is 11.1. The van der Waals surface area contributed by atoms with E-state index in [1.54, 1.807) is 12.3 Å². The molecule has 19 heavy (non-hydrogen) atoms. The maximum atomic E-state index is 12.0. The first-order chi connectivity index (χ1) is 8.95. The highest BCUT2D eigenvalue weighted by Gasteiger charge is 2.35. The van der Waals surface area contributed by atoms with Crippen LogP contribution in [-0.2, 0) is 4.79 Å². The number of carbonyl (C=O) groups excluding carboxylic acids is 1. The SMILES string of the molecule is CCC(CC)(CNC(=O)c1cncc(C)c1)C(=O)O. The van der Waals surface area contributed by atoms with Crippen molar-refractivity contribution in [1.29, 1.82) is 0 Å². The summed E-state index contributed by atoms with van der Waals surface area (Å²) in [7, 11) is 0. The Morgan fingerprint density at radius 2 is 1.95 bits per heavy atom. The second kappa shape index (κ2) is 6.31. The van der Waals surface area contributed by atoms with Crippen LogP contribution in [-0.4, -0.2) is 28.5 Å². The number of carboxylic acid groups (broad SMARTS) is 1. The number of amides is 1. The van der Waals surface area contributed by atoms with Gasteiger partial charge in [-0.05, 0) is 31.4 Å². The Bertz CT molecular complexity index is 468. The van der Waals surface area contributed by atoms with Crippen molar-refractivity contribution >= 4 is 11.9 Å². The molecule has 0 spiro atoms. The van der Waals surface area contributed by atoms with Crippen LogP contribution in [0.15, 0.2) is 18.5 Å². The molecule has 2 N–H and O–H groups in total. The van der Waals surface area contributed by atoms with Gasteiger partial charge in [-0.2, -0.15) is 0 Å². The topological polar surface area (TPSA) is 79.3 Å². The number of carboxylic acids is 1. The fourth-order valence-electron chi connectivity index (χ4n) is 1.91. The smallest absolute Gasteiger partial charge is 0.311 e. The Balaban J connectivity index is 2.75. The molecule has 0 unspecified atom stereocenters. The summed E-state index contributed by atoms with van der Waals surface area (Å²) in [5, 5.41) is 12.0. The third-order valence-corrected chi connectivity index (χ3v) is 3.53. The fraction of sp³-hybridized carbons (Fsp3) is 0.500. The van der Waals surface area contributed by atoms with Gasteiger partial charge in [0.15, 0.2) is 0 Å². The molecule has 1 rings (SSSR count).